The zero-order chi connectivity index (χ0) is 13.2. The number of furan rings is 1. The first-order valence-electron chi connectivity index (χ1n) is 6.08. The van der Waals surface area contributed by atoms with Gasteiger partial charge in [-0.05, 0) is 36.8 Å². The number of fused-ring (bicyclic) bond motifs is 1. The lowest BCUT2D eigenvalue weighted by atomic mass is 10.2. The molecule has 0 N–H and O–H groups in total. The highest BCUT2D eigenvalue weighted by molar-refractivity contribution is 5.81. The first-order chi connectivity index (χ1) is 9.24. The minimum absolute atomic E-state index is 0.283. The molecule has 3 heteroatoms. The Morgan fingerprint density at radius 1 is 1.16 bits per heavy atom. The standard InChI is InChI=1S/C16H13FO2/c1-11-4-2-5-13(8-11)18-9-12-10-19-15-7-3-6-14(17)16(12)15/h2-8,10H,9H2,1H3. The smallest absolute Gasteiger partial charge is 0.137 e. The van der Waals surface area contributed by atoms with Gasteiger partial charge in [-0.3, -0.25) is 0 Å². The third-order valence-corrected chi connectivity index (χ3v) is 3.01. The quantitative estimate of drug-likeness (QED) is 0.690. The van der Waals surface area contributed by atoms with E-state index in [0.717, 1.165) is 16.9 Å². The number of halogens is 1. The van der Waals surface area contributed by atoms with Crippen LogP contribution in [-0.4, -0.2) is 0 Å². The van der Waals surface area contributed by atoms with Crippen molar-refractivity contribution in [3.05, 3.63) is 65.7 Å². The summed E-state index contributed by atoms with van der Waals surface area (Å²) >= 11 is 0. The highest BCUT2D eigenvalue weighted by atomic mass is 19.1. The third-order valence-electron chi connectivity index (χ3n) is 3.01. The number of aryl methyl sites for hydroxylation is 1. The lowest BCUT2D eigenvalue weighted by Gasteiger charge is -2.05. The summed E-state index contributed by atoms with van der Waals surface area (Å²) in [5.74, 6) is 0.486. The topological polar surface area (TPSA) is 22.4 Å². The van der Waals surface area contributed by atoms with Crippen LogP contribution in [0.1, 0.15) is 11.1 Å². The van der Waals surface area contributed by atoms with Crippen LogP contribution in [0.4, 0.5) is 4.39 Å². The molecule has 3 aromatic rings. The zero-order valence-electron chi connectivity index (χ0n) is 10.5. The molecule has 3 rings (SSSR count). The molecular weight excluding hydrogens is 243 g/mol. The minimum Gasteiger partial charge on any atom is -0.489 e. The monoisotopic (exact) mass is 256 g/mol. The van der Waals surface area contributed by atoms with E-state index in [4.69, 9.17) is 9.15 Å². The van der Waals surface area contributed by atoms with Crippen LogP contribution >= 0.6 is 0 Å². The molecule has 0 saturated heterocycles. The summed E-state index contributed by atoms with van der Waals surface area (Å²) in [7, 11) is 0. The summed E-state index contributed by atoms with van der Waals surface area (Å²) in [6.45, 7) is 2.29. The Morgan fingerprint density at radius 2 is 2.00 bits per heavy atom. The second-order valence-electron chi connectivity index (χ2n) is 4.48. The Kier molecular flexibility index (Phi) is 2.95. The molecule has 0 fully saturated rings. The van der Waals surface area contributed by atoms with Crippen molar-refractivity contribution in [1.29, 1.82) is 0 Å². The molecule has 1 aromatic heterocycles. The highest BCUT2D eigenvalue weighted by Gasteiger charge is 2.10. The zero-order valence-corrected chi connectivity index (χ0v) is 10.5. The van der Waals surface area contributed by atoms with Gasteiger partial charge in [0.15, 0.2) is 0 Å². The van der Waals surface area contributed by atoms with Crippen LogP contribution in [0.25, 0.3) is 11.0 Å². The normalized spacial score (nSPS) is 10.8. The number of hydrogen-bond donors (Lipinski definition) is 0. The van der Waals surface area contributed by atoms with E-state index >= 15 is 0 Å². The molecule has 0 saturated carbocycles. The number of benzene rings is 2. The molecule has 1 heterocycles. The Hall–Kier alpha value is -2.29. The van der Waals surface area contributed by atoms with Gasteiger partial charge < -0.3 is 9.15 Å². The summed E-state index contributed by atoms with van der Waals surface area (Å²) in [5, 5.41) is 0.496. The van der Waals surface area contributed by atoms with E-state index in [0.29, 0.717) is 11.0 Å². The molecule has 0 bridgehead atoms. The molecule has 0 amide bonds. The summed E-state index contributed by atoms with van der Waals surface area (Å²) < 4.78 is 24.7. The lowest BCUT2D eigenvalue weighted by Crippen LogP contribution is -1.95. The van der Waals surface area contributed by atoms with Crippen molar-refractivity contribution in [2.45, 2.75) is 13.5 Å². The molecule has 2 nitrogen and oxygen atoms in total. The highest BCUT2D eigenvalue weighted by Crippen LogP contribution is 2.25. The maximum atomic E-state index is 13.8. The Balaban J connectivity index is 1.86. The summed E-state index contributed by atoms with van der Waals surface area (Å²) in [6.07, 6.45) is 1.55. The second kappa shape index (κ2) is 4.76. The summed E-state index contributed by atoms with van der Waals surface area (Å²) in [6, 6.07) is 12.6. The molecule has 2 aromatic carbocycles. The van der Waals surface area contributed by atoms with Crippen molar-refractivity contribution in [3.8, 4) is 5.75 Å². The fourth-order valence-electron chi connectivity index (χ4n) is 2.08. The lowest BCUT2D eigenvalue weighted by molar-refractivity contribution is 0.305. The Morgan fingerprint density at radius 3 is 2.84 bits per heavy atom. The van der Waals surface area contributed by atoms with Crippen molar-refractivity contribution in [3.63, 3.8) is 0 Å². The molecular formula is C16H13FO2. The fraction of sp³-hybridized carbons (Fsp3) is 0.125. The Bertz CT molecular complexity index is 716. The van der Waals surface area contributed by atoms with Crippen molar-refractivity contribution in [1.82, 2.24) is 0 Å². The maximum Gasteiger partial charge on any atom is 0.137 e. The maximum absolute atomic E-state index is 13.8. The summed E-state index contributed by atoms with van der Waals surface area (Å²) in [5.41, 5.74) is 2.39. The van der Waals surface area contributed by atoms with Gasteiger partial charge in [0.1, 0.15) is 23.8 Å². The van der Waals surface area contributed by atoms with E-state index in [9.17, 15) is 4.39 Å². The van der Waals surface area contributed by atoms with E-state index in [1.165, 1.54) is 6.07 Å². The SMILES string of the molecule is Cc1cccc(OCc2coc3cccc(F)c23)c1. The first kappa shape index (κ1) is 11.8. The van der Waals surface area contributed by atoms with E-state index in [1.807, 2.05) is 31.2 Å². The van der Waals surface area contributed by atoms with Gasteiger partial charge in [-0.2, -0.15) is 0 Å². The molecule has 0 aliphatic rings. The van der Waals surface area contributed by atoms with Crippen LogP contribution in [-0.2, 0) is 6.61 Å². The Labute approximate surface area is 110 Å². The van der Waals surface area contributed by atoms with Crippen LogP contribution in [0, 0.1) is 12.7 Å². The first-order valence-corrected chi connectivity index (χ1v) is 6.08. The molecule has 96 valence electrons. The van der Waals surface area contributed by atoms with E-state index < -0.39 is 0 Å². The van der Waals surface area contributed by atoms with Gasteiger partial charge in [-0.1, -0.05) is 18.2 Å². The third kappa shape index (κ3) is 2.32. The summed E-state index contributed by atoms with van der Waals surface area (Å²) in [4.78, 5) is 0. The van der Waals surface area contributed by atoms with Crippen LogP contribution in [0.3, 0.4) is 0 Å². The number of ether oxygens (including phenoxy) is 1. The van der Waals surface area contributed by atoms with E-state index in [2.05, 4.69) is 0 Å². The second-order valence-corrected chi connectivity index (χ2v) is 4.48. The van der Waals surface area contributed by atoms with Crippen LogP contribution in [0.15, 0.2) is 53.1 Å². The molecule has 0 atom stereocenters. The van der Waals surface area contributed by atoms with Gasteiger partial charge in [-0.25, -0.2) is 4.39 Å². The van der Waals surface area contributed by atoms with Gasteiger partial charge >= 0.3 is 0 Å². The largest absolute Gasteiger partial charge is 0.489 e. The van der Waals surface area contributed by atoms with Crippen molar-refractivity contribution < 1.29 is 13.5 Å². The van der Waals surface area contributed by atoms with Gasteiger partial charge in [0, 0.05) is 5.56 Å². The minimum atomic E-state index is -0.283. The predicted molar refractivity (Wildman–Crippen MR) is 71.7 cm³/mol. The van der Waals surface area contributed by atoms with Gasteiger partial charge in [0.2, 0.25) is 0 Å². The average Bonchev–Trinajstić information content (AvgIpc) is 2.81. The molecule has 0 spiro atoms. The van der Waals surface area contributed by atoms with Crippen LogP contribution in [0.5, 0.6) is 5.75 Å². The van der Waals surface area contributed by atoms with E-state index in [-0.39, 0.29) is 12.4 Å². The van der Waals surface area contributed by atoms with Crippen LogP contribution in [0.2, 0.25) is 0 Å². The molecule has 0 radical (unpaired) electrons. The molecule has 0 aliphatic heterocycles. The predicted octanol–water partition coefficient (Wildman–Crippen LogP) is 4.46. The average molecular weight is 256 g/mol. The molecule has 0 aliphatic carbocycles. The fourth-order valence-corrected chi connectivity index (χ4v) is 2.08. The van der Waals surface area contributed by atoms with Gasteiger partial charge in [0.25, 0.3) is 0 Å². The van der Waals surface area contributed by atoms with Crippen molar-refractivity contribution >= 4 is 11.0 Å². The van der Waals surface area contributed by atoms with Gasteiger partial charge in [0.05, 0.1) is 11.6 Å². The van der Waals surface area contributed by atoms with Gasteiger partial charge in [-0.15, -0.1) is 0 Å². The van der Waals surface area contributed by atoms with E-state index in [1.54, 1.807) is 18.4 Å². The number of hydrogen-bond acceptors (Lipinski definition) is 2. The molecule has 19 heavy (non-hydrogen) atoms. The van der Waals surface area contributed by atoms with Crippen LogP contribution < -0.4 is 4.74 Å². The van der Waals surface area contributed by atoms with Crippen molar-refractivity contribution in [2.24, 2.45) is 0 Å². The number of rotatable bonds is 3. The molecule has 0 unspecified atom stereocenters. The van der Waals surface area contributed by atoms with Crippen molar-refractivity contribution in [2.75, 3.05) is 0 Å².